The number of rotatable bonds is 5. The third kappa shape index (κ3) is 5.39. The van der Waals surface area contributed by atoms with E-state index in [-0.39, 0.29) is 29.9 Å². The molecule has 40 heavy (non-hydrogen) atoms. The van der Waals surface area contributed by atoms with Gasteiger partial charge in [-0.05, 0) is 55.3 Å². The van der Waals surface area contributed by atoms with Crippen LogP contribution in [0.5, 0.6) is 0 Å². The Morgan fingerprint density at radius 1 is 1.02 bits per heavy atom. The van der Waals surface area contributed by atoms with Crippen LogP contribution in [-0.4, -0.2) is 77.1 Å². The SMILES string of the molecule is CC1C=C(C(=O)N2CCOCC2)C=CC1n1ncc2cc(NC(=O)c3ccc(N4CCC(O)CC4)cc3)ccc21. The Balaban J connectivity index is 1.11. The van der Waals surface area contributed by atoms with Gasteiger partial charge in [-0.1, -0.05) is 25.2 Å². The highest BCUT2D eigenvalue weighted by molar-refractivity contribution is 6.05. The minimum absolute atomic E-state index is 0.0131. The highest BCUT2D eigenvalue weighted by Gasteiger charge is 2.26. The van der Waals surface area contributed by atoms with Crippen LogP contribution in [0.2, 0.25) is 0 Å². The zero-order valence-corrected chi connectivity index (χ0v) is 22.7. The Bertz CT molecular complexity index is 1450. The molecule has 0 radical (unpaired) electrons. The van der Waals surface area contributed by atoms with Gasteiger partial charge in [-0.15, -0.1) is 0 Å². The monoisotopic (exact) mass is 541 g/mol. The number of piperidine rings is 1. The van der Waals surface area contributed by atoms with Gasteiger partial charge >= 0.3 is 0 Å². The van der Waals surface area contributed by atoms with Gasteiger partial charge in [-0.25, -0.2) is 0 Å². The van der Waals surface area contributed by atoms with Crippen molar-refractivity contribution < 1.29 is 19.4 Å². The fraction of sp³-hybridized carbons (Fsp3) is 0.387. The zero-order valence-electron chi connectivity index (χ0n) is 22.7. The average Bonchev–Trinajstić information content (AvgIpc) is 3.40. The number of hydrogen-bond donors (Lipinski definition) is 2. The molecule has 0 saturated carbocycles. The van der Waals surface area contributed by atoms with Gasteiger partial charge in [0.1, 0.15) is 0 Å². The van der Waals surface area contributed by atoms with E-state index < -0.39 is 0 Å². The van der Waals surface area contributed by atoms with Crippen LogP contribution in [0.3, 0.4) is 0 Å². The molecule has 2 amide bonds. The normalized spacial score (nSPS) is 21.9. The number of benzene rings is 2. The number of nitrogens with one attached hydrogen (secondary N) is 1. The lowest BCUT2D eigenvalue weighted by molar-refractivity contribution is -0.130. The average molecular weight is 542 g/mol. The molecule has 3 aliphatic rings. The minimum Gasteiger partial charge on any atom is -0.393 e. The summed E-state index contributed by atoms with van der Waals surface area (Å²) in [5.41, 5.74) is 4.04. The van der Waals surface area contributed by atoms with Crippen LogP contribution >= 0.6 is 0 Å². The molecule has 6 rings (SSSR count). The smallest absolute Gasteiger partial charge is 0.255 e. The summed E-state index contributed by atoms with van der Waals surface area (Å²) in [6.45, 7) is 6.16. The Kier molecular flexibility index (Phi) is 7.40. The molecule has 2 unspecified atom stereocenters. The van der Waals surface area contributed by atoms with Crippen LogP contribution in [0, 0.1) is 5.92 Å². The van der Waals surface area contributed by atoms with Crippen LogP contribution in [-0.2, 0) is 9.53 Å². The van der Waals surface area contributed by atoms with Crippen molar-refractivity contribution in [3.05, 3.63) is 78.0 Å². The first-order chi connectivity index (χ1) is 19.5. The highest BCUT2D eigenvalue weighted by Crippen LogP contribution is 2.31. The van der Waals surface area contributed by atoms with E-state index in [4.69, 9.17) is 4.74 Å². The summed E-state index contributed by atoms with van der Waals surface area (Å²) in [5.74, 6) is -0.0271. The maximum Gasteiger partial charge on any atom is 0.255 e. The number of carbonyl (C=O) groups excluding carboxylic acids is 2. The van der Waals surface area contributed by atoms with Crippen molar-refractivity contribution in [3.63, 3.8) is 0 Å². The Labute approximate surface area is 233 Å². The Morgan fingerprint density at radius 2 is 1.77 bits per heavy atom. The lowest BCUT2D eigenvalue weighted by atomic mass is 9.92. The Morgan fingerprint density at radius 3 is 2.50 bits per heavy atom. The van der Waals surface area contributed by atoms with E-state index in [2.05, 4.69) is 28.3 Å². The van der Waals surface area contributed by atoms with Gasteiger partial charge in [-0.2, -0.15) is 5.10 Å². The number of aliphatic hydroxyl groups is 1. The number of morpholine rings is 1. The highest BCUT2D eigenvalue weighted by atomic mass is 16.5. The number of hydrogen-bond acceptors (Lipinski definition) is 6. The molecule has 1 aromatic heterocycles. The van der Waals surface area contributed by atoms with E-state index in [9.17, 15) is 14.7 Å². The molecule has 2 aromatic carbocycles. The zero-order chi connectivity index (χ0) is 27.6. The molecule has 3 heterocycles. The molecular weight excluding hydrogens is 506 g/mol. The van der Waals surface area contributed by atoms with Gasteiger partial charge in [0.05, 0.1) is 37.1 Å². The number of anilines is 2. The summed E-state index contributed by atoms with van der Waals surface area (Å²) in [6.07, 6.45) is 9.13. The van der Waals surface area contributed by atoms with Crippen molar-refractivity contribution in [2.45, 2.75) is 31.9 Å². The first-order valence-corrected chi connectivity index (χ1v) is 14.0. The topological polar surface area (TPSA) is 99.9 Å². The second-order valence-electron chi connectivity index (χ2n) is 10.8. The Hall–Kier alpha value is -3.95. The molecule has 2 fully saturated rings. The molecule has 0 bridgehead atoms. The fourth-order valence-corrected chi connectivity index (χ4v) is 5.73. The molecular formula is C31H35N5O4. The van der Waals surface area contributed by atoms with E-state index in [1.54, 1.807) is 0 Å². The fourth-order valence-electron chi connectivity index (χ4n) is 5.73. The second-order valence-corrected chi connectivity index (χ2v) is 10.8. The molecule has 2 aliphatic heterocycles. The molecule has 2 saturated heterocycles. The van der Waals surface area contributed by atoms with E-state index in [1.807, 2.05) is 70.4 Å². The number of nitrogens with zero attached hydrogens (tertiary/aromatic N) is 4. The van der Waals surface area contributed by atoms with Crippen LogP contribution in [0.25, 0.3) is 10.9 Å². The molecule has 208 valence electrons. The van der Waals surface area contributed by atoms with Crippen LogP contribution < -0.4 is 10.2 Å². The summed E-state index contributed by atoms with van der Waals surface area (Å²) < 4.78 is 7.35. The third-order valence-corrected chi connectivity index (χ3v) is 8.09. The number of amides is 2. The van der Waals surface area contributed by atoms with Crippen molar-refractivity contribution >= 4 is 34.1 Å². The van der Waals surface area contributed by atoms with E-state index in [1.165, 1.54) is 0 Å². The van der Waals surface area contributed by atoms with Gasteiger partial charge in [-0.3, -0.25) is 14.3 Å². The minimum atomic E-state index is -0.214. The largest absolute Gasteiger partial charge is 0.393 e. The van der Waals surface area contributed by atoms with Gasteiger partial charge in [0.25, 0.3) is 11.8 Å². The summed E-state index contributed by atoms with van der Waals surface area (Å²) in [5, 5.41) is 18.3. The molecule has 9 nitrogen and oxygen atoms in total. The summed E-state index contributed by atoms with van der Waals surface area (Å²) in [7, 11) is 0. The predicted octanol–water partition coefficient (Wildman–Crippen LogP) is 3.78. The van der Waals surface area contributed by atoms with Crippen LogP contribution in [0.15, 0.2) is 72.5 Å². The third-order valence-electron chi connectivity index (χ3n) is 8.09. The predicted molar refractivity (Wildman–Crippen MR) is 154 cm³/mol. The van der Waals surface area contributed by atoms with Crippen molar-refractivity contribution in [1.29, 1.82) is 0 Å². The van der Waals surface area contributed by atoms with Gasteiger partial charge in [0, 0.05) is 60.0 Å². The second kappa shape index (κ2) is 11.3. The number of aliphatic hydroxyl groups excluding tert-OH is 1. The molecule has 1 aliphatic carbocycles. The van der Waals surface area contributed by atoms with Crippen LogP contribution in [0.4, 0.5) is 11.4 Å². The van der Waals surface area contributed by atoms with E-state index in [0.29, 0.717) is 37.6 Å². The van der Waals surface area contributed by atoms with Gasteiger partial charge in [0.15, 0.2) is 0 Å². The first-order valence-electron chi connectivity index (χ1n) is 14.0. The standard InChI is InChI=1S/C31H35N5O4/c1-21-18-23(31(39)35-14-16-40-17-15-35)4-8-28(21)36-29-9-5-25(19-24(29)20-32-36)33-30(38)22-2-6-26(7-3-22)34-12-10-27(37)11-13-34/h2-9,18-21,27-28,37H,10-17H2,1H3,(H,33,38). The number of ether oxygens (including phenoxy) is 1. The van der Waals surface area contributed by atoms with Gasteiger partial charge < -0.3 is 25.0 Å². The van der Waals surface area contributed by atoms with Crippen molar-refractivity contribution in [3.8, 4) is 0 Å². The lowest BCUT2D eigenvalue weighted by Crippen LogP contribution is -2.41. The van der Waals surface area contributed by atoms with E-state index in [0.717, 1.165) is 48.1 Å². The van der Waals surface area contributed by atoms with Gasteiger partial charge in [0.2, 0.25) is 0 Å². The maximum atomic E-state index is 12.9. The molecule has 2 atom stereocenters. The number of allylic oxidation sites excluding steroid dienone is 2. The number of aromatic nitrogens is 2. The molecule has 2 N–H and O–H groups in total. The number of carbonyl (C=O) groups is 2. The van der Waals surface area contributed by atoms with Crippen molar-refractivity contribution in [2.75, 3.05) is 49.6 Å². The van der Waals surface area contributed by atoms with Crippen molar-refractivity contribution in [1.82, 2.24) is 14.7 Å². The number of fused-ring (bicyclic) bond motifs is 1. The summed E-state index contributed by atoms with van der Waals surface area (Å²) >= 11 is 0. The van der Waals surface area contributed by atoms with Crippen molar-refractivity contribution in [2.24, 2.45) is 5.92 Å². The molecule has 0 spiro atoms. The summed E-state index contributed by atoms with van der Waals surface area (Å²) in [4.78, 5) is 29.9. The quantitative estimate of drug-likeness (QED) is 0.510. The molecule has 3 aromatic rings. The first kappa shape index (κ1) is 26.3. The molecule has 9 heteroatoms. The van der Waals surface area contributed by atoms with Crippen LogP contribution in [0.1, 0.15) is 36.2 Å². The summed E-state index contributed by atoms with van der Waals surface area (Å²) in [6, 6.07) is 13.4. The lowest BCUT2D eigenvalue weighted by Gasteiger charge is -2.31. The maximum absolute atomic E-state index is 12.9. The van der Waals surface area contributed by atoms with E-state index >= 15 is 0 Å².